The molecule has 2 unspecified atom stereocenters. The van der Waals surface area contributed by atoms with Crippen molar-refractivity contribution >= 4 is 11.9 Å². The lowest BCUT2D eigenvalue weighted by Gasteiger charge is -2.20. The molecule has 0 amide bonds. The van der Waals surface area contributed by atoms with Gasteiger partial charge in [-0.1, -0.05) is 44.7 Å². The first-order valence-corrected chi connectivity index (χ1v) is 8.61. The van der Waals surface area contributed by atoms with Crippen molar-refractivity contribution in [3.63, 3.8) is 0 Å². The molecule has 24 heavy (non-hydrogen) atoms. The molecule has 5 nitrogen and oxygen atoms in total. The van der Waals surface area contributed by atoms with Crippen LogP contribution in [0.4, 0.5) is 0 Å². The zero-order valence-corrected chi connectivity index (χ0v) is 14.7. The van der Waals surface area contributed by atoms with E-state index >= 15 is 0 Å². The van der Waals surface area contributed by atoms with Gasteiger partial charge in [0.05, 0.1) is 18.4 Å². The van der Waals surface area contributed by atoms with Crippen molar-refractivity contribution in [3.8, 4) is 5.75 Å². The molecule has 1 aromatic carbocycles. The minimum atomic E-state index is -0.993. The molecule has 0 spiro atoms. The summed E-state index contributed by atoms with van der Waals surface area (Å²) in [6.07, 6.45) is 5.51. The maximum Gasteiger partial charge on any atom is 0.310 e. The summed E-state index contributed by atoms with van der Waals surface area (Å²) in [5, 5.41) is 18.6. The molecule has 134 valence electrons. The quantitative estimate of drug-likeness (QED) is 0.585. The van der Waals surface area contributed by atoms with Gasteiger partial charge in [0.1, 0.15) is 5.75 Å². The highest BCUT2D eigenvalue weighted by Crippen LogP contribution is 2.34. The Morgan fingerprint density at radius 2 is 1.62 bits per heavy atom. The van der Waals surface area contributed by atoms with Crippen LogP contribution in [0, 0.1) is 0 Å². The van der Waals surface area contributed by atoms with E-state index in [9.17, 15) is 19.8 Å². The topological polar surface area (TPSA) is 83.8 Å². The molecule has 0 radical (unpaired) electrons. The molecule has 0 fully saturated rings. The van der Waals surface area contributed by atoms with E-state index in [1.165, 1.54) is 12.8 Å². The third-order valence-electron chi connectivity index (χ3n) is 4.25. The Bertz CT molecular complexity index is 553. The Morgan fingerprint density at radius 1 is 1.00 bits per heavy atom. The minimum Gasteiger partial charge on any atom is -0.493 e. The highest BCUT2D eigenvalue weighted by Gasteiger charge is 2.27. The summed E-state index contributed by atoms with van der Waals surface area (Å²) in [5.74, 6) is -3.10. The summed E-state index contributed by atoms with van der Waals surface area (Å²) in [4.78, 5) is 22.8. The Labute approximate surface area is 143 Å². The zero-order chi connectivity index (χ0) is 18.1. The SMILES string of the molecule is CCCCCCCOc1cccc(C(C)C(=O)O)c1C(C)C(=O)O. The summed E-state index contributed by atoms with van der Waals surface area (Å²) in [6.45, 7) is 5.78. The van der Waals surface area contributed by atoms with Crippen LogP contribution in [0.3, 0.4) is 0 Å². The van der Waals surface area contributed by atoms with E-state index in [1.54, 1.807) is 32.0 Å². The first-order valence-electron chi connectivity index (χ1n) is 8.61. The van der Waals surface area contributed by atoms with Crippen molar-refractivity contribution in [2.75, 3.05) is 6.61 Å². The first-order chi connectivity index (χ1) is 11.4. The molecule has 0 heterocycles. The summed E-state index contributed by atoms with van der Waals surface area (Å²) < 4.78 is 5.80. The number of carboxylic acids is 2. The lowest BCUT2D eigenvalue weighted by molar-refractivity contribution is -0.140. The second-order valence-corrected chi connectivity index (χ2v) is 6.14. The molecule has 0 saturated heterocycles. The second-order valence-electron chi connectivity index (χ2n) is 6.14. The minimum absolute atomic E-state index is 0.466. The van der Waals surface area contributed by atoms with Gasteiger partial charge in [-0.2, -0.15) is 0 Å². The molecule has 0 aliphatic heterocycles. The van der Waals surface area contributed by atoms with Gasteiger partial charge >= 0.3 is 11.9 Å². The molecular weight excluding hydrogens is 308 g/mol. The number of aliphatic carboxylic acids is 2. The van der Waals surface area contributed by atoms with Gasteiger partial charge in [-0.05, 0) is 31.9 Å². The van der Waals surface area contributed by atoms with Gasteiger partial charge in [-0.15, -0.1) is 0 Å². The third-order valence-corrected chi connectivity index (χ3v) is 4.25. The van der Waals surface area contributed by atoms with Crippen LogP contribution >= 0.6 is 0 Å². The molecule has 5 heteroatoms. The van der Waals surface area contributed by atoms with E-state index in [0.717, 1.165) is 19.3 Å². The largest absolute Gasteiger partial charge is 0.493 e. The van der Waals surface area contributed by atoms with Gasteiger partial charge in [0.2, 0.25) is 0 Å². The normalized spacial score (nSPS) is 13.3. The Kier molecular flexibility index (Phi) is 8.30. The van der Waals surface area contributed by atoms with Gasteiger partial charge in [0.15, 0.2) is 0 Å². The fourth-order valence-electron chi connectivity index (χ4n) is 2.67. The summed E-state index contributed by atoms with van der Waals surface area (Å²) in [6, 6.07) is 5.11. The fourth-order valence-corrected chi connectivity index (χ4v) is 2.67. The number of carbonyl (C=O) groups is 2. The smallest absolute Gasteiger partial charge is 0.310 e. The molecule has 1 rings (SSSR count). The van der Waals surface area contributed by atoms with E-state index in [2.05, 4.69) is 6.92 Å². The number of hydrogen-bond donors (Lipinski definition) is 2. The molecule has 0 aliphatic rings. The summed E-state index contributed by atoms with van der Waals surface area (Å²) >= 11 is 0. The third kappa shape index (κ3) is 5.55. The monoisotopic (exact) mass is 336 g/mol. The number of benzene rings is 1. The molecule has 2 atom stereocenters. The number of carboxylic acid groups (broad SMARTS) is 2. The average molecular weight is 336 g/mol. The second kappa shape index (κ2) is 9.96. The molecule has 0 saturated carbocycles. The summed E-state index contributed by atoms with van der Waals surface area (Å²) in [5.41, 5.74) is 0.967. The van der Waals surface area contributed by atoms with Crippen molar-refractivity contribution in [1.82, 2.24) is 0 Å². The number of hydrogen-bond acceptors (Lipinski definition) is 3. The average Bonchev–Trinajstić information content (AvgIpc) is 2.56. The number of unbranched alkanes of at least 4 members (excludes halogenated alkanes) is 4. The molecule has 2 N–H and O–H groups in total. The van der Waals surface area contributed by atoms with E-state index in [-0.39, 0.29) is 0 Å². The van der Waals surface area contributed by atoms with E-state index in [1.807, 2.05) is 0 Å². The molecular formula is C19H28O5. The number of rotatable bonds is 11. The van der Waals surface area contributed by atoms with Crippen LogP contribution in [0.15, 0.2) is 18.2 Å². The molecule has 0 aliphatic carbocycles. The Balaban J connectivity index is 2.95. The van der Waals surface area contributed by atoms with Gasteiger partial charge in [-0.3, -0.25) is 9.59 Å². The van der Waals surface area contributed by atoms with Crippen LogP contribution in [-0.4, -0.2) is 28.8 Å². The van der Waals surface area contributed by atoms with Gasteiger partial charge in [-0.25, -0.2) is 0 Å². The highest BCUT2D eigenvalue weighted by molar-refractivity contribution is 5.81. The van der Waals surface area contributed by atoms with Crippen molar-refractivity contribution in [2.45, 2.75) is 64.7 Å². The summed E-state index contributed by atoms with van der Waals surface area (Å²) in [7, 11) is 0. The maximum atomic E-state index is 11.4. The van der Waals surface area contributed by atoms with E-state index < -0.39 is 23.8 Å². The molecule has 1 aromatic rings. The zero-order valence-electron chi connectivity index (χ0n) is 14.7. The van der Waals surface area contributed by atoms with Crippen molar-refractivity contribution in [1.29, 1.82) is 0 Å². The Hall–Kier alpha value is -2.04. The van der Waals surface area contributed by atoms with E-state index in [4.69, 9.17) is 4.74 Å². The first kappa shape index (κ1) is 20.0. The van der Waals surface area contributed by atoms with Crippen LogP contribution in [0.2, 0.25) is 0 Å². The van der Waals surface area contributed by atoms with E-state index in [0.29, 0.717) is 23.5 Å². The van der Waals surface area contributed by atoms with Crippen LogP contribution < -0.4 is 4.74 Å². The van der Waals surface area contributed by atoms with Crippen LogP contribution in [0.25, 0.3) is 0 Å². The van der Waals surface area contributed by atoms with Crippen LogP contribution in [0.1, 0.15) is 75.8 Å². The van der Waals surface area contributed by atoms with Crippen molar-refractivity contribution in [2.24, 2.45) is 0 Å². The van der Waals surface area contributed by atoms with Crippen LogP contribution in [-0.2, 0) is 9.59 Å². The van der Waals surface area contributed by atoms with Gasteiger partial charge in [0.25, 0.3) is 0 Å². The van der Waals surface area contributed by atoms with Crippen molar-refractivity contribution < 1.29 is 24.5 Å². The van der Waals surface area contributed by atoms with Gasteiger partial charge in [0, 0.05) is 5.56 Å². The van der Waals surface area contributed by atoms with Crippen molar-refractivity contribution in [3.05, 3.63) is 29.3 Å². The lowest BCUT2D eigenvalue weighted by Crippen LogP contribution is -2.17. The lowest BCUT2D eigenvalue weighted by atomic mass is 9.88. The van der Waals surface area contributed by atoms with Gasteiger partial charge < -0.3 is 14.9 Å². The maximum absolute atomic E-state index is 11.4. The predicted octanol–water partition coefficient (Wildman–Crippen LogP) is 4.41. The predicted molar refractivity (Wildman–Crippen MR) is 92.8 cm³/mol. The highest BCUT2D eigenvalue weighted by atomic mass is 16.5. The molecule has 0 aromatic heterocycles. The Morgan fingerprint density at radius 3 is 2.21 bits per heavy atom. The standard InChI is InChI=1S/C19H28O5/c1-4-5-6-7-8-12-24-16-11-9-10-15(13(2)18(20)21)17(16)14(3)19(22)23/h9-11,13-14H,4-8,12H2,1-3H3,(H,20,21)(H,22,23). The fraction of sp³-hybridized carbons (Fsp3) is 0.579. The van der Waals surface area contributed by atoms with Crippen LogP contribution in [0.5, 0.6) is 5.75 Å². The molecule has 0 bridgehead atoms. The number of ether oxygens (including phenoxy) is 1.